The van der Waals surface area contributed by atoms with E-state index in [0.717, 1.165) is 23.5 Å². The summed E-state index contributed by atoms with van der Waals surface area (Å²) < 4.78 is 31.2. The highest BCUT2D eigenvalue weighted by Gasteiger charge is 2.16. The number of thiazole rings is 1. The maximum absolute atomic E-state index is 13.3. The summed E-state index contributed by atoms with van der Waals surface area (Å²) in [4.78, 5) is 28.1. The van der Waals surface area contributed by atoms with Gasteiger partial charge in [0.05, 0.1) is 5.69 Å². The number of phenolic OH excluding ortho intramolecular Hbond substituents is 1. The monoisotopic (exact) mass is 404 g/mol. The fourth-order valence-electron chi connectivity index (χ4n) is 2.31. The van der Waals surface area contributed by atoms with E-state index < -0.39 is 30.1 Å². The molecule has 28 heavy (non-hydrogen) atoms. The molecule has 1 heterocycles. The third-order valence-electron chi connectivity index (χ3n) is 3.76. The van der Waals surface area contributed by atoms with Gasteiger partial charge in [-0.05, 0) is 36.8 Å². The average Bonchev–Trinajstić information content (AvgIpc) is 3.12. The number of esters is 1. The van der Waals surface area contributed by atoms with E-state index in [1.807, 2.05) is 0 Å². The van der Waals surface area contributed by atoms with Crippen LogP contribution in [0.3, 0.4) is 0 Å². The molecule has 1 amide bonds. The van der Waals surface area contributed by atoms with Gasteiger partial charge in [0, 0.05) is 10.9 Å². The van der Waals surface area contributed by atoms with E-state index in [0.29, 0.717) is 16.8 Å². The molecule has 0 bridgehead atoms. The molecule has 0 aliphatic carbocycles. The van der Waals surface area contributed by atoms with Gasteiger partial charge in [-0.15, -0.1) is 11.3 Å². The van der Waals surface area contributed by atoms with Crippen LogP contribution in [0.25, 0.3) is 11.3 Å². The Hall–Kier alpha value is -3.33. The van der Waals surface area contributed by atoms with E-state index in [-0.39, 0.29) is 16.4 Å². The van der Waals surface area contributed by atoms with Crippen LogP contribution in [-0.4, -0.2) is 28.6 Å². The van der Waals surface area contributed by atoms with Gasteiger partial charge in [-0.3, -0.25) is 10.1 Å². The lowest BCUT2D eigenvalue weighted by atomic mass is 10.1. The quantitative estimate of drug-likeness (QED) is 0.630. The van der Waals surface area contributed by atoms with Gasteiger partial charge in [-0.2, -0.15) is 0 Å². The highest BCUT2D eigenvalue weighted by Crippen LogP contribution is 2.26. The second-order valence-electron chi connectivity index (χ2n) is 5.76. The number of halogens is 2. The predicted octanol–water partition coefficient (Wildman–Crippen LogP) is 3.90. The lowest BCUT2D eigenvalue weighted by molar-refractivity contribution is -0.119. The van der Waals surface area contributed by atoms with Crippen molar-refractivity contribution in [1.29, 1.82) is 0 Å². The number of carbonyl (C=O) groups is 2. The number of nitrogens with zero attached hydrogens (tertiary/aromatic N) is 1. The first-order chi connectivity index (χ1) is 13.3. The Balaban J connectivity index is 1.59. The number of phenols is 1. The van der Waals surface area contributed by atoms with Gasteiger partial charge < -0.3 is 9.84 Å². The van der Waals surface area contributed by atoms with Crippen LogP contribution in [-0.2, 0) is 9.53 Å². The molecule has 0 atom stereocenters. The Morgan fingerprint density at radius 2 is 2.00 bits per heavy atom. The van der Waals surface area contributed by atoms with Crippen LogP contribution in [0.1, 0.15) is 15.9 Å². The molecule has 0 radical (unpaired) electrons. The molecule has 0 aliphatic rings. The standard InChI is InChI=1S/C19H14F2N2O4S/c1-10-3-2-4-12(17(10)25)18(26)27-8-16(24)23-19-22-15(9-28-19)11-5-6-13(20)14(21)7-11/h2-7,9,25H,8H2,1H3,(H,22,23,24). The zero-order valence-corrected chi connectivity index (χ0v) is 15.3. The number of aromatic hydroxyl groups is 1. The highest BCUT2D eigenvalue weighted by molar-refractivity contribution is 7.14. The average molecular weight is 404 g/mol. The lowest BCUT2D eigenvalue weighted by Gasteiger charge is -2.07. The Morgan fingerprint density at radius 1 is 1.21 bits per heavy atom. The number of ether oxygens (including phenoxy) is 1. The summed E-state index contributed by atoms with van der Waals surface area (Å²) in [5.74, 6) is -3.63. The number of aromatic nitrogens is 1. The van der Waals surface area contributed by atoms with Crippen molar-refractivity contribution in [3.8, 4) is 17.0 Å². The van der Waals surface area contributed by atoms with Gasteiger partial charge in [0.15, 0.2) is 23.4 Å². The largest absolute Gasteiger partial charge is 0.507 e. The van der Waals surface area contributed by atoms with Gasteiger partial charge in [-0.25, -0.2) is 18.6 Å². The van der Waals surface area contributed by atoms with Crippen LogP contribution in [0, 0.1) is 18.6 Å². The molecule has 144 valence electrons. The number of amides is 1. The van der Waals surface area contributed by atoms with Crippen LogP contribution in [0.2, 0.25) is 0 Å². The Morgan fingerprint density at radius 3 is 2.75 bits per heavy atom. The second-order valence-corrected chi connectivity index (χ2v) is 6.62. The van der Waals surface area contributed by atoms with Crippen molar-refractivity contribution >= 4 is 28.3 Å². The van der Waals surface area contributed by atoms with Gasteiger partial charge >= 0.3 is 5.97 Å². The number of anilines is 1. The summed E-state index contributed by atoms with van der Waals surface area (Å²) in [5.41, 5.74) is 1.19. The van der Waals surface area contributed by atoms with E-state index in [4.69, 9.17) is 4.74 Å². The first-order valence-corrected chi connectivity index (χ1v) is 8.89. The van der Waals surface area contributed by atoms with Crippen molar-refractivity contribution in [3.63, 3.8) is 0 Å². The molecule has 0 spiro atoms. The smallest absolute Gasteiger partial charge is 0.342 e. The Bertz CT molecular complexity index is 1050. The van der Waals surface area contributed by atoms with Gasteiger partial charge in [-0.1, -0.05) is 12.1 Å². The molecule has 2 N–H and O–H groups in total. The molecule has 9 heteroatoms. The number of carbonyl (C=O) groups excluding carboxylic acids is 2. The summed E-state index contributed by atoms with van der Waals surface area (Å²) in [6, 6.07) is 7.97. The molecule has 1 aromatic heterocycles. The molecule has 0 saturated heterocycles. The van der Waals surface area contributed by atoms with Crippen LogP contribution < -0.4 is 5.32 Å². The molecular weight excluding hydrogens is 390 g/mol. The molecule has 2 aromatic carbocycles. The minimum Gasteiger partial charge on any atom is -0.507 e. The zero-order valence-electron chi connectivity index (χ0n) is 14.5. The summed E-state index contributed by atoms with van der Waals surface area (Å²) >= 11 is 1.08. The summed E-state index contributed by atoms with van der Waals surface area (Å²) in [6.07, 6.45) is 0. The van der Waals surface area contributed by atoms with Crippen molar-refractivity contribution in [3.05, 3.63) is 64.5 Å². The van der Waals surface area contributed by atoms with Gasteiger partial charge in [0.1, 0.15) is 11.3 Å². The summed E-state index contributed by atoms with van der Waals surface area (Å²) in [5, 5.41) is 14.1. The van der Waals surface area contributed by atoms with Gasteiger partial charge in [0.2, 0.25) is 0 Å². The molecule has 0 unspecified atom stereocenters. The molecule has 3 aromatic rings. The minimum atomic E-state index is -0.998. The third-order valence-corrected chi connectivity index (χ3v) is 4.52. The van der Waals surface area contributed by atoms with Crippen molar-refractivity contribution in [2.24, 2.45) is 0 Å². The fourth-order valence-corrected chi connectivity index (χ4v) is 3.04. The number of rotatable bonds is 5. The zero-order chi connectivity index (χ0) is 20.3. The Kier molecular flexibility index (Phi) is 5.65. The number of hydrogen-bond acceptors (Lipinski definition) is 6. The molecule has 6 nitrogen and oxygen atoms in total. The summed E-state index contributed by atoms with van der Waals surface area (Å²) in [6.45, 7) is 1.05. The van der Waals surface area contributed by atoms with Crippen LogP contribution in [0.5, 0.6) is 5.75 Å². The minimum absolute atomic E-state index is 0.0392. The topological polar surface area (TPSA) is 88.5 Å². The second kappa shape index (κ2) is 8.13. The van der Waals surface area contributed by atoms with E-state index in [9.17, 15) is 23.5 Å². The van der Waals surface area contributed by atoms with E-state index >= 15 is 0 Å². The lowest BCUT2D eigenvalue weighted by Crippen LogP contribution is -2.21. The fraction of sp³-hybridized carbons (Fsp3) is 0.105. The number of para-hydroxylation sites is 1. The van der Waals surface area contributed by atoms with Crippen LogP contribution in [0.15, 0.2) is 41.8 Å². The first-order valence-electron chi connectivity index (χ1n) is 8.01. The van der Waals surface area contributed by atoms with Crippen LogP contribution in [0.4, 0.5) is 13.9 Å². The summed E-state index contributed by atoms with van der Waals surface area (Å²) in [7, 11) is 0. The van der Waals surface area contributed by atoms with Gasteiger partial charge in [0.25, 0.3) is 5.91 Å². The molecule has 3 rings (SSSR count). The molecule has 0 aliphatic heterocycles. The van der Waals surface area contributed by atoms with Crippen molar-refractivity contribution in [2.75, 3.05) is 11.9 Å². The van der Waals surface area contributed by atoms with E-state index in [1.165, 1.54) is 12.1 Å². The maximum atomic E-state index is 13.3. The van der Waals surface area contributed by atoms with Crippen molar-refractivity contribution in [1.82, 2.24) is 4.98 Å². The SMILES string of the molecule is Cc1cccc(C(=O)OCC(=O)Nc2nc(-c3ccc(F)c(F)c3)cs2)c1O. The normalized spacial score (nSPS) is 10.5. The molecule has 0 saturated carbocycles. The van der Waals surface area contributed by atoms with Crippen LogP contribution >= 0.6 is 11.3 Å². The predicted molar refractivity (Wildman–Crippen MR) is 99.2 cm³/mol. The number of aryl methyl sites for hydroxylation is 1. The van der Waals surface area contributed by atoms with Crippen molar-refractivity contribution in [2.45, 2.75) is 6.92 Å². The highest BCUT2D eigenvalue weighted by atomic mass is 32.1. The number of nitrogens with one attached hydrogen (secondary N) is 1. The number of benzene rings is 2. The molecular formula is C19H14F2N2O4S. The van der Waals surface area contributed by atoms with E-state index in [1.54, 1.807) is 24.4 Å². The van der Waals surface area contributed by atoms with E-state index in [2.05, 4.69) is 10.3 Å². The first kappa shape index (κ1) is 19.4. The third kappa shape index (κ3) is 4.32. The van der Waals surface area contributed by atoms with Crippen molar-refractivity contribution < 1.29 is 28.2 Å². The molecule has 0 fully saturated rings. The maximum Gasteiger partial charge on any atom is 0.342 e. The number of hydrogen-bond donors (Lipinski definition) is 2. The Labute approximate surface area is 162 Å².